The minimum absolute atomic E-state index is 0.0667. The minimum atomic E-state index is -3.60. The highest BCUT2D eigenvalue weighted by molar-refractivity contribution is 7.89. The fraction of sp³-hybridized carbons (Fsp3) is 0.462. The number of nitrogens with zero attached hydrogens (tertiary/aromatic N) is 5. The van der Waals surface area contributed by atoms with Crippen LogP contribution in [0.1, 0.15) is 48.6 Å². The summed E-state index contributed by atoms with van der Waals surface area (Å²) in [7, 11) is -3.60. The van der Waals surface area contributed by atoms with Crippen molar-refractivity contribution < 1.29 is 12.8 Å². The number of hydrogen-bond acceptors (Lipinski definition) is 5. The fourth-order valence-corrected chi connectivity index (χ4v) is 8.43. The Hall–Kier alpha value is -2.78. The standard InChI is InChI=1S/C26H30FN5O2S/c1-2-20-10-11-25(18-6-4-3-5-7-18)35(33,34)32(20)13-19-8-9-21(12-24(19)27)30-14-22-23(15-30)26(22)31-16-28-29-17-31/h3-9,12,16-17,20,22-23,25-26H,2,10-11,13-15H2,1H3/t20-,22-,23+,25+,26?/m0/s1. The molecule has 6 rings (SSSR count). The molecule has 3 heterocycles. The van der Waals surface area contributed by atoms with E-state index in [-0.39, 0.29) is 18.4 Å². The topological polar surface area (TPSA) is 71.3 Å². The molecule has 7 nitrogen and oxygen atoms in total. The fourth-order valence-electron chi connectivity index (χ4n) is 6.18. The Labute approximate surface area is 205 Å². The van der Waals surface area contributed by atoms with E-state index >= 15 is 4.39 Å². The zero-order valence-corrected chi connectivity index (χ0v) is 20.6. The van der Waals surface area contributed by atoms with Gasteiger partial charge in [0.2, 0.25) is 10.0 Å². The molecule has 2 aromatic carbocycles. The van der Waals surface area contributed by atoms with Gasteiger partial charge in [-0.05, 0) is 37.0 Å². The van der Waals surface area contributed by atoms with E-state index in [2.05, 4.69) is 19.7 Å². The van der Waals surface area contributed by atoms with E-state index in [1.807, 2.05) is 43.3 Å². The van der Waals surface area contributed by atoms with Gasteiger partial charge in [-0.1, -0.05) is 43.3 Å². The first-order valence-corrected chi connectivity index (χ1v) is 13.9. The summed E-state index contributed by atoms with van der Waals surface area (Å²) in [6.45, 7) is 3.82. The molecule has 1 aromatic heterocycles. The molecule has 9 heteroatoms. The van der Waals surface area contributed by atoms with E-state index in [4.69, 9.17) is 0 Å². The number of hydrogen-bond donors (Lipinski definition) is 0. The van der Waals surface area contributed by atoms with Crippen LogP contribution in [0.4, 0.5) is 10.1 Å². The Bertz CT molecular complexity index is 1290. The summed E-state index contributed by atoms with van der Waals surface area (Å²) in [6, 6.07) is 15.0. The maximum absolute atomic E-state index is 15.3. The Morgan fingerprint density at radius 3 is 2.37 bits per heavy atom. The zero-order valence-electron chi connectivity index (χ0n) is 19.7. The number of sulfonamides is 1. The second kappa shape index (κ2) is 8.71. The van der Waals surface area contributed by atoms with Gasteiger partial charge in [0.25, 0.3) is 0 Å². The number of aromatic nitrogens is 3. The maximum atomic E-state index is 15.3. The molecule has 35 heavy (non-hydrogen) atoms. The van der Waals surface area contributed by atoms with Gasteiger partial charge in [0.1, 0.15) is 23.7 Å². The molecular formula is C26H30FN5O2S. The largest absolute Gasteiger partial charge is 0.371 e. The second-order valence-electron chi connectivity index (χ2n) is 10.0. The van der Waals surface area contributed by atoms with Crippen LogP contribution in [0.3, 0.4) is 0 Å². The molecule has 0 bridgehead atoms. The van der Waals surface area contributed by atoms with Gasteiger partial charge in [-0.15, -0.1) is 10.2 Å². The first-order chi connectivity index (χ1) is 17.0. The second-order valence-corrected chi connectivity index (χ2v) is 12.1. The minimum Gasteiger partial charge on any atom is -0.371 e. The summed E-state index contributed by atoms with van der Waals surface area (Å²) < 4.78 is 46.2. The molecule has 2 saturated heterocycles. The number of halogens is 1. The number of piperidine rings is 1. The first kappa shape index (κ1) is 22.7. The van der Waals surface area contributed by atoms with Crippen molar-refractivity contribution in [3.8, 4) is 0 Å². The average molecular weight is 496 g/mol. The van der Waals surface area contributed by atoms with Crippen molar-refractivity contribution in [2.24, 2.45) is 11.8 Å². The van der Waals surface area contributed by atoms with E-state index in [1.54, 1.807) is 29.1 Å². The van der Waals surface area contributed by atoms with Crippen LogP contribution in [0.5, 0.6) is 0 Å². The van der Waals surface area contributed by atoms with E-state index in [0.29, 0.717) is 36.3 Å². The highest BCUT2D eigenvalue weighted by Gasteiger charge is 2.57. The summed E-state index contributed by atoms with van der Waals surface area (Å²) in [5.41, 5.74) is 2.09. The molecule has 0 spiro atoms. The predicted molar refractivity (Wildman–Crippen MR) is 132 cm³/mol. The number of fused-ring (bicyclic) bond motifs is 1. The van der Waals surface area contributed by atoms with Crippen LogP contribution in [0.15, 0.2) is 61.2 Å². The van der Waals surface area contributed by atoms with Crippen LogP contribution in [0.25, 0.3) is 0 Å². The van der Waals surface area contributed by atoms with Gasteiger partial charge < -0.3 is 9.47 Å². The molecule has 3 aliphatic rings. The SMILES string of the molecule is CC[C@H]1CC[C@H](c2ccccc2)S(=O)(=O)N1Cc1ccc(N2C[C@@H]3C(n4cnnc4)[C@@H]3C2)cc1F. The van der Waals surface area contributed by atoms with Gasteiger partial charge >= 0.3 is 0 Å². The molecule has 1 aliphatic carbocycles. The Balaban J connectivity index is 1.19. The summed E-state index contributed by atoms with van der Waals surface area (Å²) in [6.07, 6.45) is 5.62. The summed E-state index contributed by atoms with van der Waals surface area (Å²) in [4.78, 5) is 2.22. The lowest BCUT2D eigenvalue weighted by molar-refractivity contribution is 0.257. The van der Waals surface area contributed by atoms with Gasteiger partial charge in [-0.2, -0.15) is 4.31 Å². The molecule has 3 fully saturated rings. The molecule has 1 unspecified atom stereocenters. The lowest BCUT2D eigenvalue weighted by Crippen LogP contribution is -2.46. The Kier molecular flexibility index (Phi) is 5.64. The van der Waals surface area contributed by atoms with Crippen LogP contribution >= 0.6 is 0 Å². The van der Waals surface area contributed by atoms with E-state index in [0.717, 1.165) is 30.8 Å². The molecule has 184 valence electrons. The van der Waals surface area contributed by atoms with Gasteiger partial charge in [0, 0.05) is 54.8 Å². The van der Waals surface area contributed by atoms with Crippen molar-refractivity contribution in [3.63, 3.8) is 0 Å². The highest BCUT2D eigenvalue weighted by Crippen LogP contribution is 2.55. The van der Waals surface area contributed by atoms with Gasteiger partial charge in [-0.3, -0.25) is 0 Å². The van der Waals surface area contributed by atoms with Crippen molar-refractivity contribution >= 4 is 15.7 Å². The number of rotatable bonds is 6. The van der Waals surface area contributed by atoms with E-state index in [1.165, 1.54) is 0 Å². The normalized spacial score (nSPS) is 29.8. The summed E-state index contributed by atoms with van der Waals surface area (Å²) in [5, 5.41) is 7.23. The van der Waals surface area contributed by atoms with Crippen LogP contribution in [-0.4, -0.2) is 46.6 Å². The predicted octanol–water partition coefficient (Wildman–Crippen LogP) is 4.17. The highest BCUT2D eigenvalue weighted by atomic mass is 32.2. The van der Waals surface area contributed by atoms with Crippen LogP contribution in [-0.2, 0) is 16.6 Å². The molecule has 5 atom stereocenters. The van der Waals surface area contributed by atoms with E-state index in [9.17, 15) is 8.42 Å². The number of anilines is 1. The van der Waals surface area contributed by atoms with Crippen molar-refractivity contribution in [1.29, 1.82) is 0 Å². The third-order valence-electron chi connectivity index (χ3n) is 8.16. The summed E-state index contributed by atoms with van der Waals surface area (Å²) in [5.74, 6) is 0.727. The van der Waals surface area contributed by atoms with Crippen LogP contribution < -0.4 is 4.90 Å². The molecular weight excluding hydrogens is 465 g/mol. The Morgan fingerprint density at radius 2 is 1.71 bits per heavy atom. The third-order valence-corrected chi connectivity index (χ3v) is 10.5. The first-order valence-electron chi connectivity index (χ1n) is 12.4. The summed E-state index contributed by atoms with van der Waals surface area (Å²) >= 11 is 0. The molecule has 0 amide bonds. The van der Waals surface area contributed by atoms with Crippen molar-refractivity contribution in [2.75, 3.05) is 18.0 Å². The Morgan fingerprint density at radius 1 is 1.00 bits per heavy atom. The van der Waals surface area contributed by atoms with E-state index < -0.39 is 15.3 Å². The maximum Gasteiger partial charge on any atom is 0.221 e. The molecule has 3 aromatic rings. The lowest BCUT2D eigenvalue weighted by Gasteiger charge is -2.39. The van der Waals surface area contributed by atoms with Crippen LogP contribution in [0, 0.1) is 17.7 Å². The quantitative estimate of drug-likeness (QED) is 0.513. The van der Waals surface area contributed by atoms with Crippen molar-refractivity contribution in [2.45, 2.75) is 50.1 Å². The average Bonchev–Trinajstić information content (AvgIpc) is 3.24. The third kappa shape index (κ3) is 3.94. The van der Waals surface area contributed by atoms with Gasteiger partial charge in [0.15, 0.2) is 0 Å². The zero-order chi connectivity index (χ0) is 24.2. The molecule has 2 aliphatic heterocycles. The van der Waals surface area contributed by atoms with Gasteiger partial charge in [-0.25, -0.2) is 12.8 Å². The molecule has 0 radical (unpaired) electrons. The monoisotopic (exact) mass is 495 g/mol. The smallest absolute Gasteiger partial charge is 0.221 e. The number of benzene rings is 2. The molecule has 1 saturated carbocycles. The van der Waals surface area contributed by atoms with Gasteiger partial charge in [0.05, 0.1) is 0 Å². The van der Waals surface area contributed by atoms with Crippen molar-refractivity contribution in [1.82, 2.24) is 19.1 Å². The lowest BCUT2D eigenvalue weighted by atomic mass is 10.0. The van der Waals surface area contributed by atoms with Crippen LogP contribution in [0.2, 0.25) is 0 Å². The van der Waals surface area contributed by atoms with Crippen molar-refractivity contribution in [3.05, 3.63) is 78.1 Å². The molecule has 0 N–H and O–H groups in total.